The lowest BCUT2D eigenvalue weighted by Crippen LogP contribution is -2.35. The molecule has 0 amide bonds. The maximum atomic E-state index is 10.0. The first kappa shape index (κ1) is 18.2. The Bertz CT molecular complexity index is 700. The van der Waals surface area contributed by atoms with Crippen LogP contribution in [0.1, 0.15) is 36.8 Å². The van der Waals surface area contributed by atoms with E-state index in [9.17, 15) is 5.11 Å². The van der Waals surface area contributed by atoms with Crippen LogP contribution in [0.2, 0.25) is 0 Å². The molecule has 1 N–H and O–H groups in total. The van der Waals surface area contributed by atoms with Gasteiger partial charge in [0.1, 0.15) is 17.6 Å². The number of thioether (sulfide) groups is 1. The average molecular weight is 359 g/mol. The van der Waals surface area contributed by atoms with Crippen LogP contribution >= 0.6 is 11.8 Å². The highest BCUT2D eigenvalue weighted by Crippen LogP contribution is 2.43. The molecule has 1 aliphatic rings. The molecule has 2 aromatic rings. The van der Waals surface area contributed by atoms with Crippen molar-refractivity contribution in [3.8, 4) is 11.5 Å². The molecule has 3 rings (SSSR count). The minimum atomic E-state index is -0.472. The number of aliphatic hydroxyl groups is 1. The first-order valence-corrected chi connectivity index (χ1v) is 9.78. The van der Waals surface area contributed by atoms with Crippen LogP contribution in [0.4, 0.5) is 0 Å². The van der Waals surface area contributed by atoms with Crippen molar-refractivity contribution in [3.05, 3.63) is 53.6 Å². The van der Waals surface area contributed by atoms with Gasteiger partial charge < -0.3 is 14.6 Å². The summed E-state index contributed by atoms with van der Waals surface area (Å²) >= 11 is 1.88. The highest BCUT2D eigenvalue weighted by Gasteiger charge is 2.31. The number of rotatable bonds is 6. The van der Waals surface area contributed by atoms with Gasteiger partial charge in [0, 0.05) is 10.5 Å². The molecule has 0 fully saturated rings. The summed E-state index contributed by atoms with van der Waals surface area (Å²) in [5.74, 6) is 3.20. The number of hydrogen-bond acceptors (Lipinski definition) is 4. The third-order valence-corrected chi connectivity index (χ3v) is 5.82. The van der Waals surface area contributed by atoms with Crippen molar-refractivity contribution >= 4 is 11.8 Å². The number of fused-ring (bicyclic) bond motifs is 1. The Hall–Kier alpha value is -1.65. The molecule has 2 aromatic carbocycles. The minimum absolute atomic E-state index is 0.146. The normalized spacial score (nSPS) is 20.5. The molecule has 25 heavy (non-hydrogen) atoms. The number of methoxy groups -OCH3 is 1. The molecule has 4 heteroatoms. The van der Waals surface area contributed by atoms with Gasteiger partial charge in [-0.1, -0.05) is 18.2 Å². The molecule has 3 atom stereocenters. The highest BCUT2D eigenvalue weighted by atomic mass is 32.2. The van der Waals surface area contributed by atoms with E-state index in [1.165, 1.54) is 10.5 Å². The maximum absolute atomic E-state index is 10.0. The smallest absolute Gasteiger partial charge is 0.125 e. The number of ether oxygens (including phenoxy) is 2. The molecule has 0 spiro atoms. The Morgan fingerprint density at radius 3 is 2.72 bits per heavy atom. The van der Waals surface area contributed by atoms with Crippen LogP contribution in [-0.2, 0) is 0 Å². The fourth-order valence-electron chi connectivity index (χ4n) is 3.34. The molecule has 0 saturated heterocycles. The van der Waals surface area contributed by atoms with Crippen LogP contribution in [0, 0.1) is 6.92 Å². The second-order valence-corrected chi connectivity index (χ2v) is 7.81. The van der Waals surface area contributed by atoms with Gasteiger partial charge in [-0.05, 0) is 68.2 Å². The quantitative estimate of drug-likeness (QED) is 0.753. The summed E-state index contributed by atoms with van der Waals surface area (Å²) in [5, 5.41) is 10.0. The summed E-state index contributed by atoms with van der Waals surface area (Å²) < 4.78 is 11.6. The van der Waals surface area contributed by atoms with Gasteiger partial charge in [0.05, 0.1) is 13.2 Å². The molecule has 1 heterocycles. The second-order valence-electron chi connectivity index (χ2n) is 6.64. The Labute approximate surface area is 154 Å². The van der Waals surface area contributed by atoms with Crippen molar-refractivity contribution in [2.24, 2.45) is 0 Å². The summed E-state index contributed by atoms with van der Waals surface area (Å²) in [5.41, 5.74) is 2.26. The van der Waals surface area contributed by atoms with Crippen LogP contribution in [0.15, 0.2) is 47.4 Å². The largest absolute Gasteiger partial charge is 0.496 e. The molecule has 0 radical (unpaired) electrons. The van der Waals surface area contributed by atoms with Crippen molar-refractivity contribution in [3.63, 3.8) is 0 Å². The molecule has 134 valence electrons. The summed E-state index contributed by atoms with van der Waals surface area (Å²) in [4.78, 5) is 1.29. The zero-order valence-corrected chi connectivity index (χ0v) is 15.9. The highest BCUT2D eigenvalue weighted by molar-refractivity contribution is 7.99. The molecule has 0 unspecified atom stereocenters. The van der Waals surface area contributed by atoms with Crippen LogP contribution in [0.3, 0.4) is 0 Å². The van der Waals surface area contributed by atoms with E-state index < -0.39 is 6.10 Å². The van der Waals surface area contributed by atoms with Crippen molar-refractivity contribution < 1.29 is 14.6 Å². The summed E-state index contributed by atoms with van der Waals surface area (Å²) in [6.45, 7) is 3.83. The van der Waals surface area contributed by atoms with E-state index in [1.54, 1.807) is 7.11 Å². The van der Waals surface area contributed by atoms with E-state index in [-0.39, 0.29) is 6.10 Å². The Morgan fingerprint density at radius 1 is 1.28 bits per heavy atom. The van der Waals surface area contributed by atoms with Gasteiger partial charge in [-0.2, -0.15) is 0 Å². The number of aliphatic hydroxyl groups excluding tert-OH is 1. The SMILES string of the molecule is COc1cc2c(cc1C)O[C@@H]([C@H](C)O)C[C@H]2CCSc1ccccc1. The van der Waals surface area contributed by atoms with Crippen molar-refractivity contribution in [2.45, 2.75) is 49.7 Å². The van der Waals surface area contributed by atoms with E-state index >= 15 is 0 Å². The van der Waals surface area contributed by atoms with E-state index in [1.807, 2.05) is 37.7 Å². The maximum Gasteiger partial charge on any atom is 0.125 e. The summed E-state index contributed by atoms with van der Waals surface area (Å²) in [6.07, 6.45) is 1.27. The molecular weight excluding hydrogens is 332 g/mol. The summed E-state index contributed by atoms with van der Waals surface area (Å²) in [7, 11) is 1.71. The van der Waals surface area contributed by atoms with Gasteiger partial charge in [0.25, 0.3) is 0 Å². The van der Waals surface area contributed by atoms with E-state index in [4.69, 9.17) is 9.47 Å². The van der Waals surface area contributed by atoms with E-state index in [0.717, 1.165) is 35.7 Å². The zero-order valence-electron chi connectivity index (χ0n) is 15.1. The monoisotopic (exact) mass is 358 g/mol. The van der Waals surface area contributed by atoms with Crippen LogP contribution < -0.4 is 9.47 Å². The topological polar surface area (TPSA) is 38.7 Å². The Morgan fingerprint density at radius 2 is 2.04 bits per heavy atom. The predicted molar refractivity (Wildman–Crippen MR) is 103 cm³/mol. The van der Waals surface area contributed by atoms with Crippen LogP contribution in [-0.4, -0.2) is 30.2 Å². The van der Waals surface area contributed by atoms with Gasteiger partial charge in [-0.15, -0.1) is 11.8 Å². The molecule has 1 aliphatic heterocycles. The van der Waals surface area contributed by atoms with Crippen molar-refractivity contribution in [1.29, 1.82) is 0 Å². The Balaban J connectivity index is 1.77. The predicted octanol–water partition coefficient (Wildman–Crippen LogP) is 4.80. The zero-order chi connectivity index (χ0) is 17.8. The molecule has 0 aliphatic carbocycles. The van der Waals surface area contributed by atoms with E-state index in [0.29, 0.717) is 5.92 Å². The first-order valence-electron chi connectivity index (χ1n) is 8.79. The summed E-state index contributed by atoms with van der Waals surface area (Å²) in [6, 6.07) is 14.6. The third-order valence-electron chi connectivity index (χ3n) is 4.78. The molecule has 3 nitrogen and oxygen atoms in total. The molecular formula is C21H26O3S. The molecule has 0 saturated carbocycles. The van der Waals surface area contributed by atoms with Gasteiger partial charge in [-0.3, -0.25) is 0 Å². The van der Waals surface area contributed by atoms with Crippen LogP contribution in [0.5, 0.6) is 11.5 Å². The lowest BCUT2D eigenvalue weighted by atomic mass is 9.85. The number of aryl methyl sites for hydroxylation is 1. The number of benzene rings is 2. The van der Waals surface area contributed by atoms with Gasteiger partial charge in [0.15, 0.2) is 0 Å². The van der Waals surface area contributed by atoms with E-state index in [2.05, 4.69) is 30.3 Å². The van der Waals surface area contributed by atoms with Gasteiger partial charge >= 0.3 is 0 Å². The number of hydrogen-bond donors (Lipinski definition) is 1. The fraction of sp³-hybridized carbons (Fsp3) is 0.429. The lowest BCUT2D eigenvalue weighted by molar-refractivity contribution is 0.0284. The van der Waals surface area contributed by atoms with Crippen molar-refractivity contribution in [2.75, 3.05) is 12.9 Å². The average Bonchev–Trinajstić information content (AvgIpc) is 2.61. The van der Waals surface area contributed by atoms with Crippen molar-refractivity contribution in [1.82, 2.24) is 0 Å². The van der Waals surface area contributed by atoms with Gasteiger partial charge in [-0.25, -0.2) is 0 Å². The Kier molecular flexibility index (Phi) is 5.92. The standard InChI is InChI=1S/C21H26O3S/c1-14-11-21-18(13-19(14)23-3)16(12-20(24-21)15(2)22)9-10-25-17-7-5-4-6-8-17/h4-8,11,13,15-16,20,22H,9-10,12H2,1-3H3/t15-,16+,20+/m0/s1. The third kappa shape index (κ3) is 4.31. The first-order chi connectivity index (χ1) is 12.1. The minimum Gasteiger partial charge on any atom is -0.496 e. The van der Waals surface area contributed by atoms with Crippen LogP contribution in [0.25, 0.3) is 0 Å². The lowest BCUT2D eigenvalue weighted by Gasteiger charge is -2.34. The second kappa shape index (κ2) is 8.15. The fourth-order valence-corrected chi connectivity index (χ4v) is 4.33. The molecule has 0 bridgehead atoms. The molecule has 0 aromatic heterocycles. The van der Waals surface area contributed by atoms with Gasteiger partial charge in [0.2, 0.25) is 0 Å².